The highest BCUT2D eigenvalue weighted by atomic mass is 16.5. The van der Waals surface area contributed by atoms with E-state index in [0.29, 0.717) is 6.04 Å². The van der Waals surface area contributed by atoms with Crippen molar-refractivity contribution in [2.75, 3.05) is 5.32 Å². The first-order chi connectivity index (χ1) is 10.1. The van der Waals surface area contributed by atoms with Crippen LogP contribution in [0, 0.1) is 0 Å². The van der Waals surface area contributed by atoms with Gasteiger partial charge in [-0.15, -0.1) is 0 Å². The smallest absolute Gasteiger partial charge is 0.121 e. The molecule has 1 aromatic heterocycles. The second-order valence-corrected chi connectivity index (χ2v) is 5.60. The lowest BCUT2D eigenvalue weighted by atomic mass is 10.2. The van der Waals surface area contributed by atoms with Gasteiger partial charge in [-0.2, -0.15) is 0 Å². The monoisotopic (exact) mass is 287 g/mol. The zero-order valence-corrected chi connectivity index (χ0v) is 13.3. The highest BCUT2D eigenvalue weighted by molar-refractivity contribution is 5.48. The van der Waals surface area contributed by atoms with Crippen molar-refractivity contribution in [2.45, 2.75) is 52.8 Å². The summed E-state index contributed by atoms with van der Waals surface area (Å²) >= 11 is 0. The van der Waals surface area contributed by atoms with Crippen molar-refractivity contribution in [1.82, 2.24) is 9.55 Å². The van der Waals surface area contributed by atoms with E-state index in [1.807, 2.05) is 30.7 Å². The Labute approximate surface area is 127 Å². The summed E-state index contributed by atoms with van der Waals surface area (Å²) in [5.74, 6) is 0.909. The van der Waals surface area contributed by atoms with E-state index in [2.05, 4.69) is 48.6 Å². The number of aromatic nitrogens is 2. The molecule has 2 rings (SSSR count). The Bertz CT molecular complexity index is 563. The molecular formula is C17H25N3O. The van der Waals surface area contributed by atoms with E-state index >= 15 is 0 Å². The molecule has 0 fully saturated rings. The minimum Gasteiger partial charge on any atom is -0.491 e. The summed E-state index contributed by atoms with van der Waals surface area (Å²) in [6.07, 6.45) is 5.03. The van der Waals surface area contributed by atoms with Crippen LogP contribution in [0.3, 0.4) is 0 Å². The summed E-state index contributed by atoms with van der Waals surface area (Å²) in [7, 11) is 0. The Morgan fingerprint density at radius 3 is 2.81 bits per heavy atom. The van der Waals surface area contributed by atoms with Gasteiger partial charge >= 0.3 is 0 Å². The van der Waals surface area contributed by atoms with Gasteiger partial charge in [-0.05, 0) is 39.3 Å². The maximum absolute atomic E-state index is 5.85. The van der Waals surface area contributed by atoms with Crippen molar-refractivity contribution < 1.29 is 4.74 Å². The van der Waals surface area contributed by atoms with Gasteiger partial charge in [-0.1, -0.05) is 13.0 Å². The average molecular weight is 287 g/mol. The molecule has 1 N–H and O–H groups in total. The van der Waals surface area contributed by atoms with E-state index in [4.69, 9.17) is 4.74 Å². The van der Waals surface area contributed by atoms with Crippen molar-refractivity contribution in [3.63, 3.8) is 0 Å². The van der Waals surface area contributed by atoms with E-state index in [0.717, 1.165) is 24.4 Å². The molecule has 0 radical (unpaired) electrons. The molecule has 1 heterocycles. The molecule has 0 bridgehead atoms. The number of hydrogen-bond donors (Lipinski definition) is 1. The van der Waals surface area contributed by atoms with Gasteiger partial charge in [0, 0.05) is 24.0 Å². The standard InChI is InChI=1S/C17H25N3O/c1-5-14(4)21-17-8-6-7-15(9-17)19-11-16-10-18-12-20(16)13(2)3/h6-10,12-14,19H,5,11H2,1-4H3. The fourth-order valence-electron chi connectivity index (χ4n) is 2.12. The van der Waals surface area contributed by atoms with Crippen molar-refractivity contribution in [3.8, 4) is 5.75 Å². The molecule has 4 heteroatoms. The largest absolute Gasteiger partial charge is 0.491 e. The van der Waals surface area contributed by atoms with Gasteiger partial charge in [0.15, 0.2) is 0 Å². The number of ether oxygens (including phenoxy) is 1. The molecule has 1 unspecified atom stereocenters. The van der Waals surface area contributed by atoms with Crippen molar-refractivity contribution in [1.29, 1.82) is 0 Å². The number of rotatable bonds is 7. The van der Waals surface area contributed by atoms with E-state index in [1.165, 1.54) is 5.69 Å². The van der Waals surface area contributed by atoms with E-state index in [-0.39, 0.29) is 6.10 Å². The van der Waals surface area contributed by atoms with Crippen LogP contribution in [0.1, 0.15) is 45.9 Å². The molecule has 114 valence electrons. The van der Waals surface area contributed by atoms with Crippen LogP contribution >= 0.6 is 0 Å². The molecule has 0 saturated heterocycles. The summed E-state index contributed by atoms with van der Waals surface area (Å²) in [6, 6.07) is 8.53. The van der Waals surface area contributed by atoms with E-state index in [9.17, 15) is 0 Å². The third-order valence-electron chi connectivity index (χ3n) is 3.52. The fraction of sp³-hybridized carbons (Fsp3) is 0.471. The summed E-state index contributed by atoms with van der Waals surface area (Å²) in [5.41, 5.74) is 2.24. The quantitative estimate of drug-likeness (QED) is 0.827. The molecule has 4 nitrogen and oxygen atoms in total. The Morgan fingerprint density at radius 1 is 1.29 bits per heavy atom. The van der Waals surface area contributed by atoms with Crippen molar-refractivity contribution in [3.05, 3.63) is 42.5 Å². The van der Waals surface area contributed by atoms with Gasteiger partial charge in [-0.3, -0.25) is 0 Å². The van der Waals surface area contributed by atoms with Crippen LogP contribution in [-0.2, 0) is 6.54 Å². The first-order valence-electron chi connectivity index (χ1n) is 7.61. The van der Waals surface area contributed by atoms with Crippen LogP contribution < -0.4 is 10.1 Å². The number of hydrogen-bond acceptors (Lipinski definition) is 3. The molecule has 2 aromatic rings. The number of anilines is 1. The molecule has 0 aliphatic carbocycles. The third-order valence-corrected chi connectivity index (χ3v) is 3.52. The van der Waals surface area contributed by atoms with Crippen LogP contribution in [0.2, 0.25) is 0 Å². The molecule has 21 heavy (non-hydrogen) atoms. The zero-order valence-electron chi connectivity index (χ0n) is 13.3. The van der Waals surface area contributed by atoms with Gasteiger partial charge in [0.25, 0.3) is 0 Å². The van der Waals surface area contributed by atoms with Crippen molar-refractivity contribution in [2.24, 2.45) is 0 Å². The fourth-order valence-corrected chi connectivity index (χ4v) is 2.12. The first kappa shape index (κ1) is 15.4. The lowest BCUT2D eigenvalue weighted by molar-refractivity contribution is 0.217. The molecule has 0 spiro atoms. The van der Waals surface area contributed by atoms with Gasteiger partial charge in [0.05, 0.1) is 24.7 Å². The topological polar surface area (TPSA) is 39.1 Å². The van der Waals surface area contributed by atoms with Crippen molar-refractivity contribution >= 4 is 5.69 Å². The third kappa shape index (κ3) is 4.25. The van der Waals surface area contributed by atoms with Gasteiger partial charge < -0.3 is 14.6 Å². The first-order valence-corrected chi connectivity index (χ1v) is 7.61. The normalized spacial score (nSPS) is 12.4. The van der Waals surface area contributed by atoms with Crippen LogP contribution in [0.5, 0.6) is 5.75 Å². The summed E-state index contributed by atoms with van der Waals surface area (Å²) in [6.45, 7) is 9.28. The van der Waals surface area contributed by atoms with Crippen LogP contribution in [0.25, 0.3) is 0 Å². The predicted molar refractivity (Wildman–Crippen MR) is 86.8 cm³/mol. The van der Waals surface area contributed by atoms with Crippen LogP contribution in [0.4, 0.5) is 5.69 Å². The maximum Gasteiger partial charge on any atom is 0.121 e. The SMILES string of the molecule is CCC(C)Oc1cccc(NCc2cncn2C(C)C)c1. The molecular weight excluding hydrogens is 262 g/mol. The molecule has 0 saturated carbocycles. The van der Waals surface area contributed by atoms with E-state index in [1.54, 1.807) is 0 Å². The van der Waals surface area contributed by atoms with Gasteiger partial charge in [0.1, 0.15) is 5.75 Å². The zero-order chi connectivity index (χ0) is 15.2. The van der Waals surface area contributed by atoms with Gasteiger partial charge in [0.2, 0.25) is 0 Å². The molecule has 0 aliphatic heterocycles. The molecule has 0 aliphatic rings. The number of benzene rings is 1. The second-order valence-electron chi connectivity index (χ2n) is 5.60. The lowest BCUT2D eigenvalue weighted by Crippen LogP contribution is -2.10. The Balaban J connectivity index is 2.00. The average Bonchev–Trinajstić information content (AvgIpc) is 2.94. The number of nitrogens with zero attached hydrogens (tertiary/aromatic N) is 2. The number of nitrogens with one attached hydrogen (secondary N) is 1. The van der Waals surface area contributed by atoms with Crippen LogP contribution in [0.15, 0.2) is 36.8 Å². The Hall–Kier alpha value is -1.97. The van der Waals surface area contributed by atoms with Crippen LogP contribution in [-0.4, -0.2) is 15.7 Å². The Morgan fingerprint density at radius 2 is 2.10 bits per heavy atom. The minimum atomic E-state index is 0.239. The molecule has 1 aromatic carbocycles. The van der Waals surface area contributed by atoms with Gasteiger partial charge in [-0.25, -0.2) is 4.98 Å². The summed E-state index contributed by atoms with van der Waals surface area (Å²) < 4.78 is 8.02. The van der Waals surface area contributed by atoms with E-state index < -0.39 is 0 Å². The molecule has 0 amide bonds. The second kappa shape index (κ2) is 7.16. The highest BCUT2D eigenvalue weighted by Gasteiger charge is 2.06. The summed E-state index contributed by atoms with van der Waals surface area (Å²) in [4.78, 5) is 4.22. The summed E-state index contributed by atoms with van der Waals surface area (Å²) in [5, 5.41) is 3.43. The molecule has 1 atom stereocenters. The highest BCUT2D eigenvalue weighted by Crippen LogP contribution is 2.20. The maximum atomic E-state index is 5.85. The minimum absolute atomic E-state index is 0.239. The lowest BCUT2D eigenvalue weighted by Gasteiger charge is -2.15. The number of imidazole rings is 1. The predicted octanol–water partition coefficient (Wildman–Crippen LogP) is 4.25. The Kier molecular flexibility index (Phi) is 5.26.